The van der Waals surface area contributed by atoms with Crippen LogP contribution in [0.2, 0.25) is 5.28 Å². The highest BCUT2D eigenvalue weighted by molar-refractivity contribution is 6.28. The fraction of sp³-hybridized carbons (Fsp3) is 0.800. The summed E-state index contributed by atoms with van der Waals surface area (Å²) in [5.41, 5.74) is 0. The first-order valence-electron chi connectivity index (χ1n) is 5.27. The molecule has 0 aliphatic heterocycles. The molecule has 1 aromatic rings. The lowest BCUT2D eigenvalue weighted by Crippen LogP contribution is -2.06. The number of nitrogens with zero attached hydrogens (tertiary/aromatic N) is 3. The molecule has 1 aromatic heterocycles. The number of aromatic nitrogens is 3. The second-order valence-electron chi connectivity index (χ2n) is 4.37. The lowest BCUT2D eigenvalue weighted by atomic mass is 10.2. The molecule has 0 unspecified atom stereocenters. The fourth-order valence-corrected chi connectivity index (χ4v) is 1.86. The third kappa shape index (κ3) is 2.08. The van der Waals surface area contributed by atoms with Gasteiger partial charge in [-0.05, 0) is 23.9 Å². The SMILES string of the molecule is CC(C)c1nnc(Cl)n1CCC1CC1. The van der Waals surface area contributed by atoms with E-state index in [0.717, 1.165) is 18.3 Å². The van der Waals surface area contributed by atoms with Gasteiger partial charge in [0.15, 0.2) is 0 Å². The monoisotopic (exact) mass is 213 g/mol. The van der Waals surface area contributed by atoms with Crippen molar-refractivity contribution < 1.29 is 0 Å². The lowest BCUT2D eigenvalue weighted by Gasteiger charge is -2.08. The van der Waals surface area contributed by atoms with E-state index in [-0.39, 0.29) is 0 Å². The van der Waals surface area contributed by atoms with E-state index in [2.05, 4.69) is 24.0 Å². The summed E-state index contributed by atoms with van der Waals surface area (Å²) < 4.78 is 2.05. The standard InChI is InChI=1S/C10H16ClN3/c1-7(2)9-12-13-10(11)14(9)6-5-8-3-4-8/h7-8H,3-6H2,1-2H3. The van der Waals surface area contributed by atoms with Crippen LogP contribution in [-0.2, 0) is 6.54 Å². The molecule has 1 saturated carbocycles. The van der Waals surface area contributed by atoms with E-state index in [1.165, 1.54) is 19.3 Å². The molecular weight excluding hydrogens is 198 g/mol. The molecule has 0 atom stereocenters. The molecule has 78 valence electrons. The van der Waals surface area contributed by atoms with Crippen LogP contribution < -0.4 is 0 Å². The van der Waals surface area contributed by atoms with Crippen molar-refractivity contribution in [3.05, 3.63) is 11.1 Å². The van der Waals surface area contributed by atoms with Crippen LogP contribution in [0.4, 0.5) is 0 Å². The fourth-order valence-electron chi connectivity index (χ4n) is 1.65. The van der Waals surface area contributed by atoms with Gasteiger partial charge in [0.1, 0.15) is 5.82 Å². The Morgan fingerprint density at radius 3 is 2.71 bits per heavy atom. The molecule has 14 heavy (non-hydrogen) atoms. The second-order valence-corrected chi connectivity index (χ2v) is 4.70. The Morgan fingerprint density at radius 1 is 1.43 bits per heavy atom. The van der Waals surface area contributed by atoms with Gasteiger partial charge >= 0.3 is 0 Å². The number of hydrogen-bond acceptors (Lipinski definition) is 2. The molecular formula is C10H16ClN3. The Bertz CT molecular complexity index is 315. The number of rotatable bonds is 4. The van der Waals surface area contributed by atoms with E-state index < -0.39 is 0 Å². The van der Waals surface area contributed by atoms with Crippen molar-refractivity contribution in [3.8, 4) is 0 Å². The van der Waals surface area contributed by atoms with Crippen LogP contribution in [0, 0.1) is 5.92 Å². The number of hydrogen-bond donors (Lipinski definition) is 0. The van der Waals surface area contributed by atoms with Gasteiger partial charge in [0.25, 0.3) is 0 Å². The zero-order chi connectivity index (χ0) is 10.1. The molecule has 3 nitrogen and oxygen atoms in total. The van der Waals surface area contributed by atoms with Crippen LogP contribution in [0.1, 0.15) is 44.9 Å². The van der Waals surface area contributed by atoms with Crippen LogP contribution in [0.15, 0.2) is 0 Å². The van der Waals surface area contributed by atoms with Crippen molar-refractivity contribution in [2.45, 2.75) is 45.6 Å². The number of halogens is 1. The van der Waals surface area contributed by atoms with Gasteiger partial charge in [0.05, 0.1) is 0 Å². The van der Waals surface area contributed by atoms with E-state index in [1.54, 1.807) is 0 Å². The van der Waals surface area contributed by atoms with E-state index in [0.29, 0.717) is 11.2 Å². The Kier molecular flexibility index (Phi) is 2.77. The van der Waals surface area contributed by atoms with Crippen LogP contribution in [0.3, 0.4) is 0 Å². The van der Waals surface area contributed by atoms with Crippen molar-refractivity contribution in [3.63, 3.8) is 0 Å². The first-order chi connectivity index (χ1) is 6.68. The van der Waals surface area contributed by atoms with Gasteiger partial charge in [-0.1, -0.05) is 26.7 Å². The van der Waals surface area contributed by atoms with Crippen molar-refractivity contribution in [2.75, 3.05) is 0 Å². The average molecular weight is 214 g/mol. The van der Waals surface area contributed by atoms with E-state index in [4.69, 9.17) is 11.6 Å². The maximum Gasteiger partial charge on any atom is 0.225 e. The molecule has 4 heteroatoms. The van der Waals surface area contributed by atoms with E-state index in [9.17, 15) is 0 Å². The summed E-state index contributed by atoms with van der Waals surface area (Å²) in [6, 6.07) is 0. The molecule has 0 saturated heterocycles. The normalized spacial score (nSPS) is 16.6. The largest absolute Gasteiger partial charge is 0.302 e. The predicted octanol–water partition coefficient (Wildman–Crippen LogP) is 2.86. The summed E-state index contributed by atoms with van der Waals surface area (Å²) in [4.78, 5) is 0. The highest BCUT2D eigenvalue weighted by atomic mass is 35.5. The van der Waals surface area contributed by atoms with Crippen LogP contribution in [0.25, 0.3) is 0 Å². The minimum atomic E-state index is 0.397. The summed E-state index contributed by atoms with van der Waals surface area (Å²) in [5.74, 6) is 2.33. The first kappa shape index (κ1) is 9.97. The van der Waals surface area contributed by atoms with Crippen LogP contribution >= 0.6 is 11.6 Å². The van der Waals surface area contributed by atoms with Gasteiger partial charge in [0, 0.05) is 12.5 Å². The molecule has 1 aliphatic carbocycles. The summed E-state index contributed by atoms with van der Waals surface area (Å²) in [6.07, 6.45) is 3.99. The molecule has 2 rings (SSSR count). The minimum absolute atomic E-state index is 0.397. The average Bonchev–Trinajstić information content (AvgIpc) is 2.87. The maximum absolute atomic E-state index is 5.98. The Balaban J connectivity index is 2.07. The third-order valence-electron chi connectivity index (χ3n) is 2.71. The lowest BCUT2D eigenvalue weighted by molar-refractivity contribution is 0.559. The van der Waals surface area contributed by atoms with Gasteiger partial charge < -0.3 is 4.57 Å². The van der Waals surface area contributed by atoms with Crippen molar-refractivity contribution in [1.29, 1.82) is 0 Å². The van der Waals surface area contributed by atoms with Gasteiger partial charge in [-0.25, -0.2) is 0 Å². The summed E-state index contributed by atoms with van der Waals surface area (Å²) in [5, 5.41) is 8.55. The molecule has 0 N–H and O–H groups in total. The Labute approximate surface area is 89.5 Å². The molecule has 0 radical (unpaired) electrons. The summed E-state index contributed by atoms with van der Waals surface area (Å²) >= 11 is 5.98. The van der Waals surface area contributed by atoms with Gasteiger partial charge in [-0.2, -0.15) is 0 Å². The van der Waals surface area contributed by atoms with Crippen molar-refractivity contribution in [1.82, 2.24) is 14.8 Å². The second kappa shape index (κ2) is 3.89. The maximum atomic E-state index is 5.98. The van der Waals surface area contributed by atoms with E-state index >= 15 is 0 Å². The van der Waals surface area contributed by atoms with Gasteiger partial charge in [0.2, 0.25) is 5.28 Å². The summed E-state index contributed by atoms with van der Waals surface area (Å²) in [7, 11) is 0. The molecule has 1 fully saturated rings. The smallest absolute Gasteiger partial charge is 0.225 e. The molecule has 1 heterocycles. The zero-order valence-electron chi connectivity index (χ0n) is 8.70. The highest BCUT2D eigenvalue weighted by Crippen LogP contribution is 2.33. The topological polar surface area (TPSA) is 30.7 Å². The predicted molar refractivity (Wildman–Crippen MR) is 56.5 cm³/mol. The molecule has 0 bridgehead atoms. The third-order valence-corrected chi connectivity index (χ3v) is 2.99. The Hall–Kier alpha value is -0.570. The van der Waals surface area contributed by atoms with E-state index in [1.807, 2.05) is 4.57 Å². The van der Waals surface area contributed by atoms with Gasteiger partial charge in [-0.15, -0.1) is 10.2 Å². The molecule has 0 aromatic carbocycles. The van der Waals surface area contributed by atoms with Crippen molar-refractivity contribution >= 4 is 11.6 Å². The van der Waals surface area contributed by atoms with Crippen molar-refractivity contribution in [2.24, 2.45) is 5.92 Å². The zero-order valence-corrected chi connectivity index (χ0v) is 9.46. The minimum Gasteiger partial charge on any atom is -0.302 e. The summed E-state index contributed by atoms with van der Waals surface area (Å²) in [6.45, 7) is 5.21. The van der Waals surface area contributed by atoms with Gasteiger partial charge in [-0.3, -0.25) is 0 Å². The first-order valence-corrected chi connectivity index (χ1v) is 5.65. The molecule has 1 aliphatic rings. The molecule has 0 spiro atoms. The Morgan fingerprint density at radius 2 is 2.14 bits per heavy atom. The highest BCUT2D eigenvalue weighted by Gasteiger charge is 2.22. The van der Waals surface area contributed by atoms with Crippen LogP contribution in [-0.4, -0.2) is 14.8 Å². The molecule has 0 amide bonds. The quantitative estimate of drug-likeness (QED) is 0.770. The van der Waals surface area contributed by atoms with Crippen LogP contribution in [0.5, 0.6) is 0 Å².